The first-order valence-corrected chi connectivity index (χ1v) is 30.2. The summed E-state index contributed by atoms with van der Waals surface area (Å²) in [6, 6.07) is 43.9. The highest BCUT2D eigenvalue weighted by atomic mass is 16.6. The van der Waals surface area contributed by atoms with Crippen molar-refractivity contribution in [1.82, 2.24) is 0 Å². The molecule has 0 aromatic heterocycles. The lowest BCUT2D eigenvalue weighted by molar-refractivity contribution is -0.158. The van der Waals surface area contributed by atoms with Crippen LogP contribution in [0, 0.1) is 0 Å². The molecule has 2 aliphatic rings. The molecule has 8 aromatic carbocycles. The molecule has 8 aromatic rings. The number of carbonyl (C=O) groups is 6. The molecule has 2 heterocycles. The summed E-state index contributed by atoms with van der Waals surface area (Å²) >= 11 is 0. The van der Waals surface area contributed by atoms with Gasteiger partial charge in [-0.25, -0.2) is 9.59 Å². The van der Waals surface area contributed by atoms with Crippen molar-refractivity contribution in [2.45, 2.75) is 75.8 Å². The van der Waals surface area contributed by atoms with E-state index < -0.39 is 72.1 Å². The second-order valence-corrected chi connectivity index (χ2v) is 21.8. The van der Waals surface area contributed by atoms with Crippen molar-refractivity contribution in [3.63, 3.8) is 0 Å². The number of rotatable bonds is 26. The Morgan fingerprint density at radius 3 is 0.989 bits per heavy atom. The Morgan fingerprint density at radius 2 is 0.699 bits per heavy atom. The highest BCUT2D eigenvalue weighted by molar-refractivity contribution is 6.11. The summed E-state index contributed by atoms with van der Waals surface area (Å²) in [7, 11) is 8.78. The Hall–Kier alpha value is -10.7. The molecule has 0 saturated carbocycles. The zero-order chi connectivity index (χ0) is 65.8. The van der Waals surface area contributed by atoms with E-state index in [-0.39, 0.29) is 48.7 Å². The van der Waals surface area contributed by atoms with Gasteiger partial charge in [-0.05, 0) is 85.7 Å². The van der Waals surface area contributed by atoms with Gasteiger partial charge in [-0.2, -0.15) is 0 Å². The van der Waals surface area contributed by atoms with E-state index in [0.717, 1.165) is 22.3 Å². The maximum Gasteiger partial charge on any atom is 0.342 e. The SMILES string of the molecule is CCC(COCC(CC)OC(=O)CCC(=O)Oc1c(C(=O)OC)c2c(c3ccccc13)OC(c1ccc(OC)cc1)(c1ccc(OC)cc1)C=C2)OC(=O)CCC(=O)Oc1c(C(=O)OC)c2c(c3ccccc13)OC(c1ccc(OC)cc1)(c1ccc(OC)cc1)C=C2. The van der Waals surface area contributed by atoms with Gasteiger partial charge < -0.3 is 61.6 Å². The van der Waals surface area contributed by atoms with Crippen LogP contribution in [0.1, 0.15) is 106 Å². The molecule has 2 atom stereocenters. The summed E-state index contributed by atoms with van der Waals surface area (Å²) in [6.45, 7) is 3.46. The summed E-state index contributed by atoms with van der Waals surface area (Å²) in [5, 5.41) is 1.83. The third-order valence-corrected chi connectivity index (χ3v) is 16.3. The summed E-state index contributed by atoms with van der Waals surface area (Å²) in [4.78, 5) is 81.8. The molecule has 480 valence electrons. The topological polar surface area (TPSA) is 222 Å². The Labute approximate surface area is 537 Å². The van der Waals surface area contributed by atoms with Crippen LogP contribution in [-0.2, 0) is 54.1 Å². The minimum atomic E-state index is -1.20. The van der Waals surface area contributed by atoms with Gasteiger partial charge in [-0.15, -0.1) is 0 Å². The molecule has 0 radical (unpaired) electrons. The van der Waals surface area contributed by atoms with E-state index in [1.165, 1.54) is 14.2 Å². The zero-order valence-electron chi connectivity index (χ0n) is 52.7. The van der Waals surface area contributed by atoms with Crippen LogP contribution >= 0.6 is 0 Å². The number of ether oxygens (including phenoxy) is 13. The molecule has 0 bridgehead atoms. The summed E-state index contributed by atoms with van der Waals surface area (Å²) in [6.07, 6.45) is 4.82. The van der Waals surface area contributed by atoms with Crippen molar-refractivity contribution in [3.05, 3.63) is 202 Å². The van der Waals surface area contributed by atoms with Crippen LogP contribution < -0.4 is 37.9 Å². The van der Waals surface area contributed by atoms with Crippen LogP contribution in [0.5, 0.6) is 46.0 Å². The predicted molar refractivity (Wildman–Crippen MR) is 344 cm³/mol. The second kappa shape index (κ2) is 29.1. The number of hydrogen-bond donors (Lipinski definition) is 0. The van der Waals surface area contributed by atoms with Gasteiger partial charge in [-0.3, -0.25) is 19.2 Å². The number of hydrogen-bond acceptors (Lipinski definition) is 19. The van der Waals surface area contributed by atoms with Gasteiger partial charge in [0.25, 0.3) is 0 Å². The van der Waals surface area contributed by atoms with Crippen LogP contribution in [0.25, 0.3) is 33.7 Å². The number of fused-ring (bicyclic) bond motifs is 6. The normalized spacial score (nSPS) is 13.8. The van der Waals surface area contributed by atoms with Gasteiger partial charge in [0.2, 0.25) is 0 Å². The first-order chi connectivity index (χ1) is 45.1. The number of carbonyl (C=O) groups excluding carboxylic acids is 6. The number of benzene rings is 8. The van der Waals surface area contributed by atoms with Gasteiger partial charge in [0.15, 0.2) is 22.7 Å². The van der Waals surface area contributed by atoms with E-state index in [9.17, 15) is 28.8 Å². The molecule has 0 aliphatic carbocycles. The summed E-state index contributed by atoms with van der Waals surface area (Å²) in [5.74, 6) is -1.51. The molecule has 93 heavy (non-hydrogen) atoms. The zero-order valence-corrected chi connectivity index (χ0v) is 52.7. The highest BCUT2D eigenvalue weighted by Crippen LogP contribution is 2.52. The molecule has 0 saturated heterocycles. The van der Waals surface area contributed by atoms with E-state index in [1.807, 2.05) is 109 Å². The Morgan fingerprint density at radius 1 is 0.398 bits per heavy atom. The van der Waals surface area contributed by atoms with Crippen LogP contribution in [0.2, 0.25) is 0 Å². The minimum absolute atomic E-state index is 0.0564. The average Bonchev–Trinajstić information content (AvgIpc) is 0.734. The van der Waals surface area contributed by atoms with E-state index >= 15 is 0 Å². The van der Waals surface area contributed by atoms with Crippen molar-refractivity contribution >= 4 is 69.5 Å². The lowest BCUT2D eigenvalue weighted by Gasteiger charge is -2.37. The van der Waals surface area contributed by atoms with Crippen molar-refractivity contribution in [2.24, 2.45) is 0 Å². The maximum absolute atomic E-state index is 13.8. The second-order valence-electron chi connectivity index (χ2n) is 21.8. The molecule has 10 rings (SSSR count). The first-order valence-electron chi connectivity index (χ1n) is 30.2. The molecular formula is C74H70O19. The van der Waals surface area contributed by atoms with Gasteiger partial charge in [0.1, 0.15) is 57.8 Å². The van der Waals surface area contributed by atoms with Gasteiger partial charge in [0, 0.05) is 54.9 Å². The molecule has 19 nitrogen and oxygen atoms in total. The van der Waals surface area contributed by atoms with Gasteiger partial charge in [-0.1, -0.05) is 111 Å². The van der Waals surface area contributed by atoms with Crippen LogP contribution in [-0.4, -0.2) is 104 Å². The third-order valence-electron chi connectivity index (χ3n) is 16.3. The monoisotopic (exact) mass is 1260 g/mol. The molecule has 0 fully saturated rings. The molecule has 19 heteroatoms. The molecule has 0 amide bonds. The predicted octanol–water partition coefficient (Wildman–Crippen LogP) is 13.0. The lowest BCUT2D eigenvalue weighted by Crippen LogP contribution is -2.35. The Kier molecular flexibility index (Phi) is 20.4. The number of methoxy groups -OCH3 is 6. The lowest BCUT2D eigenvalue weighted by atomic mass is 9.82. The van der Waals surface area contributed by atoms with Gasteiger partial charge in [0.05, 0.1) is 81.6 Å². The fraction of sp³-hybridized carbons (Fsp3) is 0.270. The fourth-order valence-corrected chi connectivity index (χ4v) is 11.3. The largest absolute Gasteiger partial charge is 0.497 e. The van der Waals surface area contributed by atoms with E-state index in [0.29, 0.717) is 80.0 Å². The van der Waals surface area contributed by atoms with Crippen molar-refractivity contribution < 1.29 is 90.3 Å². The Balaban J connectivity index is 0.756. The minimum Gasteiger partial charge on any atom is -0.497 e. The standard InChI is InChI=1S/C74H70O19/c1-9-49(88-61(75)35-37-63(77)90-69-57-17-13-11-15-55(57)67-59(65(69)71(79)85-7)39-41-73(92-67,45-19-27-51(81-3)28-20-45)46-21-29-52(82-4)30-22-46)43-87-44-50(10-2)89-62(76)36-38-64(78)91-70-58-18-14-12-16-56(58)68-60(66(70)72(80)86-8)40-42-74(93-68,47-23-31-53(83-5)32-24-47)48-25-33-54(84-6)34-26-48/h11-34,39-42,49-50H,9-10,35-38,43-44H2,1-8H3. The first kappa shape index (κ1) is 65.3. The van der Waals surface area contributed by atoms with Crippen LogP contribution in [0.3, 0.4) is 0 Å². The molecule has 2 aliphatic heterocycles. The van der Waals surface area contributed by atoms with Crippen LogP contribution in [0.4, 0.5) is 0 Å². The smallest absolute Gasteiger partial charge is 0.342 e. The van der Waals surface area contributed by atoms with Crippen molar-refractivity contribution in [3.8, 4) is 46.0 Å². The average molecular weight is 1260 g/mol. The Bertz CT molecular complexity index is 3770. The quantitative estimate of drug-likeness (QED) is 0.0279. The fourth-order valence-electron chi connectivity index (χ4n) is 11.3. The molecule has 0 spiro atoms. The summed E-state index contributed by atoms with van der Waals surface area (Å²) < 4.78 is 75.9. The van der Waals surface area contributed by atoms with E-state index in [2.05, 4.69) is 0 Å². The van der Waals surface area contributed by atoms with Crippen molar-refractivity contribution in [2.75, 3.05) is 55.9 Å². The highest BCUT2D eigenvalue weighted by Gasteiger charge is 2.43. The van der Waals surface area contributed by atoms with E-state index in [4.69, 9.17) is 61.6 Å². The van der Waals surface area contributed by atoms with E-state index in [1.54, 1.807) is 103 Å². The molecular weight excluding hydrogens is 1190 g/mol. The van der Waals surface area contributed by atoms with Crippen LogP contribution in [0.15, 0.2) is 158 Å². The molecule has 2 unspecified atom stereocenters. The summed E-state index contributed by atoms with van der Waals surface area (Å²) in [5.41, 5.74) is 1.13. The third kappa shape index (κ3) is 13.7. The molecule has 0 N–H and O–H groups in total. The maximum atomic E-state index is 13.8. The van der Waals surface area contributed by atoms with Gasteiger partial charge >= 0.3 is 35.8 Å². The van der Waals surface area contributed by atoms with Crippen molar-refractivity contribution in [1.29, 1.82) is 0 Å². The number of esters is 6.